The van der Waals surface area contributed by atoms with Crippen molar-refractivity contribution >= 4 is 27.5 Å². The fourth-order valence-electron chi connectivity index (χ4n) is 4.02. The number of nitro groups is 1. The molecule has 0 aliphatic rings. The van der Waals surface area contributed by atoms with Gasteiger partial charge in [0.2, 0.25) is 10.0 Å². The molecule has 1 N–H and O–H groups in total. The highest BCUT2D eigenvalue weighted by molar-refractivity contribution is 7.99. The molecule has 0 saturated carbocycles. The van der Waals surface area contributed by atoms with Crippen LogP contribution in [0.1, 0.15) is 26.2 Å². The zero-order valence-corrected chi connectivity index (χ0v) is 22.7. The quantitative estimate of drug-likeness (QED) is 0.0895. The topological polar surface area (TPSA) is 107 Å². The molecule has 4 aromatic rings. The lowest BCUT2D eigenvalue weighted by molar-refractivity contribution is -0.384. The smallest absolute Gasteiger partial charge is 0.269 e. The van der Waals surface area contributed by atoms with Gasteiger partial charge in [-0.3, -0.25) is 10.1 Å². The maximum Gasteiger partial charge on any atom is 0.269 e. The predicted molar refractivity (Wildman–Crippen MR) is 152 cm³/mol. The summed E-state index contributed by atoms with van der Waals surface area (Å²) >= 11 is 1.62. The van der Waals surface area contributed by atoms with Gasteiger partial charge < -0.3 is 4.57 Å². The van der Waals surface area contributed by atoms with Crippen molar-refractivity contribution in [2.75, 3.05) is 12.3 Å². The van der Waals surface area contributed by atoms with Crippen LogP contribution in [0.25, 0.3) is 22.5 Å². The Balaban J connectivity index is 1.49. The highest BCUT2D eigenvalue weighted by Crippen LogP contribution is 2.36. The zero-order valence-electron chi connectivity index (χ0n) is 21.1. The molecule has 0 fully saturated rings. The van der Waals surface area contributed by atoms with Crippen molar-refractivity contribution in [2.24, 2.45) is 0 Å². The van der Waals surface area contributed by atoms with Crippen molar-refractivity contribution < 1.29 is 13.3 Å². The lowest BCUT2D eigenvalue weighted by Gasteiger charge is -2.13. The average molecular weight is 551 g/mol. The molecule has 198 valence electrons. The molecule has 10 heteroatoms. The molecule has 3 aromatic carbocycles. The number of unbranched alkanes of at least 4 members (excludes halogenated alkanes) is 1. The van der Waals surface area contributed by atoms with Crippen molar-refractivity contribution in [1.29, 1.82) is 0 Å². The molecule has 0 atom stereocenters. The van der Waals surface area contributed by atoms with Gasteiger partial charge in [-0.1, -0.05) is 85.8 Å². The minimum absolute atomic E-state index is 0.00543. The van der Waals surface area contributed by atoms with Gasteiger partial charge in [-0.25, -0.2) is 18.1 Å². The molecule has 8 nitrogen and oxygen atoms in total. The van der Waals surface area contributed by atoms with Gasteiger partial charge in [0.15, 0.2) is 5.16 Å². The summed E-state index contributed by atoms with van der Waals surface area (Å²) in [5, 5.41) is 11.7. The molecular weight excluding hydrogens is 520 g/mol. The normalized spacial score (nSPS) is 11.5. The van der Waals surface area contributed by atoms with E-state index in [1.54, 1.807) is 11.8 Å². The molecule has 1 aromatic heterocycles. The summed E-state index contributed by atoms with van der Waals surface area (Å²) in [6.45, 7) is 3.26. The highest BCUT2D eigenvalue weighted by atomic mass is 32.2. The van der Waals surface area contributed by atoms with Crippen molar-refractivity contribution in [3.63, 3.8) is 0 Å². The molecule has 0 amide bonds. The van der Waals surface area contributed by atoms with Crippen LogP contribution in [0.4, 0.5) is 5.69 Å². The first kappa shape index (κ1) is 27.6. The van der Waals surface area contributed by atoms with Gasteiger partial charge in [-0.2, -0.15) is 0 Å². The van der Waals surface area contributed by atoms with E-state index in [2.05, 4.69) is 40.5 Å². The largest absolute Gasteiger partial charge is 0.318 e. The molecule has 1 heterocycles. The summed E-state index contributed by atoms with van der Waals surface area (Å²) in [7, 11) is -3.75. The molecular formula is C28H30N4O4S2. The van der Waals surface area contributed by atoms with E-state index in [1.807, 2.05) is 36.4 Å². The highest BCUT2D eigenvalue weighted by Gasteiger charge is 2.20. The van der Waals surface area contributed by atoms with Crippen molar-refractivity contribution in [3.8, 4) is 22.5 Å². The van der Waals surface area contributed by atoms with Crippen LogP contribution >= 0.6 is 11.8 Å². The third-order valence-corrected chi connectivity index (χ3v) is 8.50. The fraction of sp³-hybridized carbons (Fsp3) is 0.250. The number of benzene rings is 3. The van der Waals surface area contributed by atoms with Gasteiger partial charge in [-0.15, -0.1) is 0 Å². The van der Waals surface area contributed by atoms with E-state index < -0.39 is 14.9 Å². The van der Waals surface area contributed by atoms with Gasteiger partial charge in [0.25, 0.3) is 5.69 Å². The molecule has 0 aliphatic carbocycles. The third-order valence-electron chi connectivity index (χ3n) is 5.96. The van der Waals surface area contributed by atoms with Crippen LogP contribution in [0.5, 0.6) is 0 Å². The summed E-state index contributed by atoms with van der Waals surface area (Å²) in [5.41, 5.74) is 4.04. The first-order chi connectivity index (χ1) is 18.4. The van der Waals surface area contributed by atoms with E-state index in [9.17, 15) is 18.5 Å². The van der Waals surface area contributed by atoms with E-state index in [-0.39, 0.29) is 17.1 Å². The van der Waals surface area contributed by atoms with Gasteiger partial charge in [0, 0.05) is 42.1 Å². The number of hydrogen-bond donors (Lipinski definition) is 1. The van der Waals surface area contributed by atoms with Crippen LogP contribution in [0, 0.1) is 10.1 Å². The Morgan fingerprint density at radius 1 is 0.921 bits per heavy atom. The second-order valence-corrected chi connectivity index (χ2v) is 11.5. The molecule has 0 saturated heterocycles. The number of aromatic nitrogens is 2. The monoisotopic (exact) mass is 550 g/mol. The number of hydrogen-bond acceptors (Lipinski definition) is 6. The van der Waals surface area contributed by atoms with Gasteiger partial charge in [0.1, 0.15) is 0 Å². The fourth-order valence-corrected chi connectivity index (χ4v) is 6.06. The zero-order chi connectivity index (χ0) is 27.0. The minimum Gasteiger partial charge on any atom is -0.318 e. The van der Waals surface area contributed by atoms with E-state index in [4.69, 9.17) is 4.98 Å². The lowest BCUT2D eigenvalue weighted by Crippen LogP contribution is -2.25. The lowest BCUT2D eigenvalue weighted by atomic mass is 10.0. The first-order valence-electron chi connectivity index (χ1n) is 12.5. The molecule has 0 spiro atoms. The SMILES string of the molecule is CCCCn1c(SCCCNS(=O)(=O)c2ccc([N+](=O)[O-])cc2)nc(-c2ccccc2)c1-c1ccccc1. The van der Waals surface area contributed by atoms with E-state index in [1.165, 1.54) is 24.3 Å². The van der Waals surface area contributed by atoms with Crippen molar-refractivity contribution in [1.82, 2.24) is 14.3 Å². The molecule has 4 rings (SSSR count). The predicted octanol–water partition coefficient (Wildman–Crippen LogP) is 6.39. The Labute approximate surface area is 227 Å². The maximum atomic E-state index is 12.6. The number of nitrogens with one attached hydrogen (secondary N) is 1. The Morgan fingerprint density at radius 3 is 2.16 bits per heavy atom. The Morgan fingerprint density at radius 2 is 1.55 bits per heavy atom. The van der Waals surface area contributed by atoms with Crippen LogP contribution in [-0.4, -0.2) is 35.2 Å². The number of non-ortho nitro benzene ring substituents is 1. The second kappa shape index (κ2) is 12.9. The maximum absolute atomic E-state index is 12.6. The Kier molecular flexibility index (Phi) is 9.33. The second-order valence-electron chi connectivity index (χ2n) is 8.68. The number of thioether (sulfide) groups is 1. The number of rotatable bonds is 13. The standard InChI is InChI=1S/C28H30N4O4S2/c1-2-3-20-31-27(23-13-8-5-9-14-23)26(22-11-6-4-7-12-22)30-28(31)37-21-10-19-29-38(35,36)25-17-15-24(16-18-25)32(33)34/h4-9,11-18,29H,2-3,10,19-21H2,1H3. The molecule has 0 unspecified atom stereocenters. The summed E-state index contributed by atoms with van der Waals surface area (Å²) in [4.78, 5) is 15.3. The molecule has 0 aliphatic heterocycles. The number of imidazole rings is 1. The summed E-state index contributed by atoms with van der Waals surface area (Å²) in [5.74, 6) is 0.675. The number of nitro benzene ring substituents is 1. The van der Waals surface area contributed by atoms with Gasteiger partial charge >= 0.3 is 0 Å². The van der Waals surface area contributed by atoms with E-state index in [0.29, 0.717) is 12.2 Å². The Bertz CT molecular complexity index is 1460. The number of nitrogens with zero attached hydrogens (tertiary/aromatic N) is 3. The van der Waals surface area contributed by atoms with E-state index >= 15 is 0 Å². The third kappa shape index (κ3) is 6.69. The van der Waals surface area contributed by atoms with E-state index in [0.717, 1.165) is 47.1 Å². The molecule has 0 radical (unpaired) electrons. The van der Waals surface area contributed by atoms with Crippen LogP contribution in [-0.2, 0) is 16.6 Å². The van der Waals surface area contributed by atoms with Crippen molar-refractivity contribution in [3.05, 3.63) is 95.0 Å². The Hall–Kier alpha value is -3.47. The number of sulfonamides is 1. The van der Waals surface area contributed by atoms with Crippen LogP contribution in [0.15, 0.2) is 95.0 Å². The summed E-state index contributed by atoms with van der Waals surface area (Å²) in [6, 6.07) is 25.3. The summed E-state index contributed by atoms with van der Waals surface area (Å²) in [6.07, 6.45) is 2.67. The van der Waals surface area contributed by atoms with Crippen molar-refractivity contribution in [2.45, 2.75) is 42.8 Å². The van der Waals surface area contributed by atoms with Crippen LogP contribution in [0.2, 0.25) is 0 Å². The summed E-state index contributed by atoms with van der Waals surface area (Å²) < 4.78 is 30.0. The van der Waals surface area contributed by atoms with Gasteiger partial charge in [0.05, 0.1) is 21.2 Å². The van der Waals surface area contributed by atoms with Crippen LogP contribution in [0.3, 0.4) is 0 Å². The molecule has 38 heavy (non-hydrogen) atoms. The van der Waals surface area contributed by atoms with Crippen LogP contribution < -0.4 is 4.72 Å². The van der Waals surface area contributed by atoms with Gasteiger partial charge in [-0.05, 0) is 25.0 Å². The molecule has 0 bridgehead atoms. The minimum atomic E-state index is -3.75. The average Bonchev–Trinajstić information content (AvgIpc) is 3.30. The first-order valence-corrected chi connectivity index (χ1v) is 15.0.